The van der Waals surface area contributed by atoms with Crippen LogP contribution >= 0.6 is 0 Å². The maximum atomic E-state index is 5.76. The Bertz CT molecular complexity index is 505. The maximum Gasteiger partial charge on any atom is 0.171 e. The van der Waals surface area contributed by atoms with Crippen LogP contribution in [0.2, 0.25) is 0 Å². The molecule has 0 bridgehead atoms. The van der Waals surface area contributed by atoms with Crippen molar-refractivity contribution >= 4 is 12.9 Å². The van der Waals surface area contributed by atoms with Gasteiger partial charge in [-0.05, 0) is 19.4 Å². The van der Waals surface area contributed by atoms with Gasteiger partial charge in [-0.2, -0.15) is 5.10 Å². The summed E-state index contributed by atoms with van der Waals surface area (Å²) in [4.78, 5) is 6.79. The minimum atomic E-state index is -0.343. The van der Waals surface area contributed by atoms with Crippen LogP contribution in [0.4, 0.5) is 0 Å². The van der Waals surface area contributed by atoms with Crippen molar-refractivity contribution in [2.24, 2.45) is 10.1 Å². The first kappa shape index (κ1) is 17.7. The molecule has 0 unspecified atom stereocenters. The molecular weight excluding hydrogens is 292 g/mol. The summed E-state index contributed by atoms with van der Waals surface area (Å²) in [6.45, 7) is 14.9. The molecule has 0 radical (unpaired) electrons. The molecular formula is C17H28N4O2. The number of ether oxygens (including phenoxy) is 2. The minimum Gasteiger partial charge on any atom is -0.369 e. The molecule has 2 fully saturated rings. The smallest absolute Gasteiger partial charge is 0.171 e. The van der Waals surface area contributed by atoms with Gasteiger partial charge in [0.2, 0.25) is 0 Å². The van der Waals surface area contributed by atoms with E-state index in [4.69, 9.17) is 9.47 Å². The summed E-state index contributed by atoms with van der Waals surface area (Å²) in [5.74, 6) is 0.495. The van der Waals surface area contributed by atoms with Crippen LogP contribution in [-0.4, -0.2) is 54.9 Å². The van der Waals surface area contributed by atoms with Gasteiger partial charge in [0.15, 0.2) is 11.6 Å². The van der Waals surface area contributed by atoms with Gasteiger partial charge in [-0.3, -0.25) is 0 Å². The number of likely N-dealkylation sites (tertiary alicyclic amines) is 1. The first-order valence-electron chi connectivity index (χ1n) is 8.36. The van der Waals surface area contributed by atoms with E-state index in [1.807, 2.05) is 40.1 Å². The van der Waals surface area contributed by atoms with E-state index in [-0.39, 0.29) is 5.79 Å². The van der Waals surface area contributed by atoms with Crippen LogP contribution in [-0.2, 0) is 9.47 Å². The van der Waals surface area contributed by atoms with Crippen LogP contribution in [0.3, 0.4) is 0 Å². The summed E-state index contributed by atoms with van der Waals surface area (Å²) in [6, 6.07) is 0. The Kier molecular flexibility index (Phi) is 5.96. The number of hydrazone groups is 1. The Morgan fingerprint density at radius 3 is 2.35 bits per heavy atom. The van der Waals surface area contributed by atoms with Gasteiger partial charge in [0, 0.05) is 32.6 Å². The monoisotopic (exact) mass is 320 g/mol. The Morgan fingerprint density at radius 1 is 1.22 bits per heavy atom. The van der Waals surface area contributed by atoms with Crippen LogP contribution < -0.4 is 0 Å². The maximum absolute atomic E-state index is 5.76. The Balaban J connectivity index is 0.000000924. The van der Waals surface area contributed by atoms with E-state index >= 15 is 0 Å². The fraction of sp³-hybridized carbons (Fsp3) is 0.647. The molecule has 0 aromatic rings. The molecule has 2 saturated heterocycles. The molecule has 0 amide bonds. The fourth-order valence-corrected chi connectivity index (χ4v) is 2.93. The molecule has 23 heavy (non-hydrogen) atoms. The highest BCUT2D eigenvalue weighted by Crippen LogP contribution is 2.33. The van der Waals surface area contributed by atoms with Crippen molar-refractivity contribution in [2.45, 2.75) is 46.3 Å². The van der Waals surface area contributed by atoms with Gasteiger partial charge in [-0.25, -0.2) is 10.0 Å². The molecule has 128 valence electrons. The first-order valence-corrected chi connectivity index (χ1v) is 8.36. The van der Waals surface area contributed by atoms with E-state index in [2.05, 4.69) is 21.7 Å². The number of rotatable bonds is 2. The lowest BCUT2D eigenvalue weighted by molar-refractivity contribution is -0.182. The highest BCUT2D eigenvalue weighted by molar-refractivity contribution is 5.79. The van der Waals surface area contributed by atoms with Crippen LogP contribution in [0.25, 0.3) is 0 Å². The largest absolute Gasteiger partial charge is 0.369 e. The van der Waals surface area contributed by atoms with Gasteiger partial charge in [0.1, 0.15) is 0 Å². The van der Waals surface area contributed by atoms with Crippen molar-refractivity contribution < 1.29 is 9.47 Å². The van der Waals surface area contributed by atoms with Crippen molar-refractivity contribution in [3.8, 4) is 0 Å². The summed E-state index contributed by atoms with van der Waals surface area (Å²) in [7, 11) is 0. The second kappa shape index (κ2) is 7.75. The SMILES string of the molecule is C=NN1C=C(N2CCC3(CC2)OCCO3)C=NC1=C(C)C.CC. The van der Waals surface area contributed by atoms with Crippen molar-refractivity contribution in [1.82, 2.24) is 9.91 Å². The molecule has 0 aromatic heterocycles. The van der Waals surface area contributed by atoms with Crippen LogP contribution in [0.1, 0.15) is 40.5 Å². The Hall–Kier alpha value is -1.66. The lowest BCUT2D eigenvalue weighted by Gasteiger charge is -2.39. The van der Waals surface area contributed by atoms with Crippen LogP contribution in [0, 0.1) is 0 Å². The van der Waals surface area contributed by atoms with Crippen molar-refractivity contribution in [3.05, 3.63) is 23.3 Å². The van der Waals surface area contributed by atoms with E-state index < -0.39 is 0 Å². The second-order valence-electron chi connectivity index (χ2n) is 5.72. The number of aliphatic imine (C=N–C) groups is 1. The minimum absolute atomic E-state index is 0.343. The van der Waals surface area contributed by atoms with Crippen LogP contribution in [0.5, 0.6) is 0 Å². The normalized spacial score (nSPS) is 22.6. The molecule has 0 N–H and O–H groups in total. The zero-order chi connectivity index (χ0) is 16.9. The zero-order valence-electron chi connectivity index (χ0n) is 14.7. The molecule has 0 aliphatic carbocycles. The molecule has 6 heteroatoms. The van der Waals surface area contributed by atoms with E-state index in [1.54, 1.807) is 5.01 Å². The molecule has 3 heterocycles. The van der Waals surface area contributed by atoms with Gasteiger partial charge in [0.25, 0.3) is 0 Å². The quantitative estimate of drug-likeness (QED) is 0.734. The van der Waals surface area contributed by atoms with E-state index in [0.29, 0.717) is 13.2 Å². The summed E-state index contributed by atoms with van der Waals surface area (Å²) in [6.07, 6.45) is 5.65. The van der Waals surface area contributed by atoms with E-state index in [9.17, 15) is 0 Å². The van der Waals surface area contributed by atoms with Crippen LogP contribution in [0.15, 0.2) is 33.4 Å². The molecule has 6 nitrogen and oxygen atoms in total. The summed E-state index contributed by atoms with van der Waals surface area (Å²) in [5.41, 5.74) is 2.17. The number of piperidine rings is 1. The van der Waals surface area contributed by atoms with Gasteiger partial charge in [-0.15, -0.1) is 0 Å². The van der Waals surface area contributed by atoms with Gasteiger partial charge in [0.05, 0.1) is 31.3 Å². The molecule has 0 saturated carbocycles. The van der Waals surface area contributed by atoms with Crippen molar-refractivity contribution in [1.29, 1.82) is 0 Å². The average Bonchev–Trinajstić information content (AvgIpc) is 3.04. The molecule has 3 rings (SSSR count). The number of nitrogens with zero attached hydrogens (tertiary/aromatic N) is 4. The van der Waals surface area contributed by atoms with Crippen molar-refractivity contribution in [2.75, 3.05) is 26.3 Å². The Labute approximate surface area is 139 Å². The van der Waals surface area contributed by atoms with E-state index in [1.165, 1.54) is 0 Å². The average molecular weight is 320 g/mol. The third kappa shape index (κ3) is 3.82. The number of hydrogen-bond acceptors (Lipinski definition) is 6. The third-order valence-corrected chi connectivity index (χ3v) is 4.09. The molecule has 3 aliphatic rings. The summed E-state index contributed by atoms with van der Waals surface area (Å²) in [5, 5.41) is 5.76. The third-order valence-electron chi connectivity index (χ3n) is 4.09. The lowest BCUT2D eigenvalue weighted by atomic mass is 10.0. The van der Waals surface area contributed by atoms with Crippen molar-refractivity contribution in [3.63, 3.8) is 0 Å². The standard InChI is InChI=1S/C15H22N4O2.C2H6/c1-12(2)14-17-10-13(11-19(14)16-3)18-6-4-15(5-7-18)20-8-9-21-15;1-2/h10-11H,3-9H2,1-2H3;1-2H3. The molecule has 0 atom stereocenters. The van der Waals surface area contributed by atoms with Gasteiger partial charge < -0.3 is 14.4 Å². The number of hydrogen-bond donors (Lipinski definition) is 0. The predicted octanol–water partition coefficient (Wildman–Crippen LogP) is 2.95. The molecule has 0 aromatic carbocycles. The number of allylic oxidation sites excluding steroid dienone is 2. The fourth-order valence-electron chi connectivity index (χ4n) is 2.93. The van der Waals surface area contributed by atoms with E-state index in [0.717, 1.165) is 43.0 Å². The predicted molar refractivity (Wildman–Crippen MR) is 93.1 cm³/mol. The zero-order valence-corrected chi connectivity index (χ0v) is 14.7. The second-order valence-corrected chi connectivity index (χ2v) is 5.72. The van der Waals surface area contributed by atoms with Gasteiger partial charge in [-0.1, -0.05) is 13.8 Å². The van der Waals surface area contributed by atoms with Gasteiger partial charge >= 0.3 is 0 Å². The topological polar surface area (TPSA) is 49.7 Å². The highest BCUT2D eigenvalue weighted by Gasteiger charge is 2.40. The summed E-state index contributed by atoms with van der Waals surface area (Å²) < 4.78 is 11.5. The molecule has 3 aliphatic heterocycles. The molecule has 1 spiro atoms. The highest BCUT2D eigenvalue weighted by atomic mass is 16.7. The first-order chi connectivity index (χ1) is 11.1. The Morgan fingerprint density at radius 2 is 1.83 bits per heavy atom. The summed E-state index contributed by atoms with van der Waals surface area (Å²) >= 11 is 0. The lowest BCUT2D eigenvalue weighted by Crippen LogP contribution is -2.45.